The van der Waals surface area contributed by atoms with E-state index < -0.39 is 0 Å². The van der Waals surface area contributed by atoms with E-state index in [0.717, 1.165) is 19.3 Å². The molecule has 1 aliphatic rings. The quantitative estimate of drug-likeness (QED) is 0.582. The van der Waals surface area contributed by atoms with Crippen LogP contribution in [0.5, 0.6) is 0 Å². The fourth-order valence-corrected chi connectivity index (χ4v) is 1.73. The summed E-state index contributed by atoms with van der Waals surface area (Å²) in [5, 5.41) is 2.48. The summed E-state index contributed by atoms with van der Waals surface area (Å²) >= 11 is 0. The van der Waals surface area contributed by atoms with Crippen molar-refractivity contribution in [2.75, 3.05) is 0 Å². The summed E-state index contributed by atoms with van der Waals surface area (Å²) in [5.41, 5.74) is 0. The Kier molecular flexibility index (Phi) is 1.75. The van der Waals surface area contributed by atoms with Gasteiger partial charge in [0.15, 0.2) is 0 Å². The Morgan fingerprint density at radius 2 is 2.17 bits per heavy atom. The molecular weight excluding hydrogens is 148 g/mol. The van der Waals surface area contributed by atoms with Crippen molar-refractivity contribution < 1.29 is 0 Å². The van der Waals surface area contributed by atoms with E-state index in [9.17, 15) is 0 Å². The Hall–Kier alpha value is -1.05. The molecule has 0 atom stereocenters. The number of imidazole rings is 1. The topological polar surface area (TPSA) is 17.8 Å². The van der Waals surface area contributed by atoms with Crippen molar-refractivity contribution >= 4 is 12.2 Å². The van der Waals surface area contributed by atoms with Crippen molar-refractivity contribution in [2.45, 2.75) is 26.2 Å². The van der Waals surface area contributed by atoms with Crippen molar-refractivity contribution in [3.05, 3.63) is 16.5 Å². The number of hydrogen-bond acceptors (Lipinski definition) is 1. The molecule has 0 aromatic carbocycles. The van der Waals surface area contributed by atoms with Gasteiger partial charge in [-0.2, -0.15) is 0 Å². The minimum absolute atomic E-state index is 1.02. The molecule has 0 amide bonds. The van der Waals surface area contributed by atoms with Crippen molar-refractivity contribution in [3.63, 3.8) is 0 Å². The maximum Gasteiger partial charge on any atom is 0.109 e. The average molecular weight is 162 g/mol. The predicted octanol–water partition coefficient (Wildman–Crippen LogP) is 0.337. The molecule has 0 saturated heterocycles. The molecule has 1 aliphatic carbocycles. The van der Waals surface area contributed by atoms with Gasteiger partial charge in [-0.1, -0.05) is 19.1 Å². The van der Waals surface area contributed by atoms with Crippen LogP contribution in [-0.4, -0.2) is 9.55 Å². The molecule has 0 fully saturated rings. The van der Waals surface area contributed by atoms with E-state index in [2.05, 4.69) is 35.7 Å². The molecule has 2 heteroatoms. The van der Waals surface area contributed by atoms with Crippen LogP contribution in [0, 0.1) is 0 Å². The van der Waals surface area contributed by atoms with Gasteiger partial charge in [0.05, 0.1) is 10.7 Å². The maximum absolute atomic E-state index is 4.54. The van der Waals surface area contributed by atoms with Crippen LogP contribution in [0.3, 0.4) is 0 Å². The lowest BCUT2D eigenvalue weighted by molar-refractivity contribution is 0.787. The average Bonchev–Trinajstić information content (AvgIpc) is 2.44. The van der Waals surface area contributed by atoms with E-state index >= 15 is 0 Å². The van der Waals surface area contributed by atoms with Gasteiger partial charge in [-0.3, -0.25) is 0 Å². The number of aromatic nitrogens is 2. The number of rotatable bonds is 1. The van der Waals surface area contributed by atoms with Crippen LogP contribution in [0.2, 0.25) is 0 Å². The zero-order chi connectivity index (χ0) is 8.55. The molecule has 1 aromatic heterocycles. The summed E-state index contributed by atoms with van der Waals surface area (Å²) in [4.78, 5) is 4.54. The molecule has 1 aromatic rings. The van der Waals surface area contributed by atoms with E-state index in [1.807, 2.05) is 0 Å². The molecule has 0 N–H and O–H groups in total. The third kappa shape index (κ3) is 0.986. The molecule has 0 bridgehead atoms. The van der Waals surface area contributed by atoms with Crippen molar-refractivity contribution in [2.24, 2.45) is 7.05 Å². The standard InChI is InChI=1S/C10H14N2/c1-3-10-11-8-6-4-5-7-9(8)12(10)2/h6-7H,3-5H2,1-2H3. The van der Waals surface area contributed by atoms with Gasteiger partial charge >= 0.3 is 0 Å². The van der Waals surface area contributed by atoms with Crippen LogP contribution in [-0.2, 0) is 13.5 Å². The molecule has 0 saturated carbocycles. The molecule has 2 rings (SSSR count). The normalized spacial score (nSPS) is 14.8. The van der Waals surface area contributed by atoms with Gasteiger partial charge in [0.1, 0.15) is 5.82 Å². The fourth-order valence-electron chi connectivity index (χ4n) is 1.73. The molecule has 2 nitrogen and oxygen atoms in total. The van der Waals surface area contributed by atoms with Crippen LogP contribution in [0.1, 0.15) is 25.6 Å². The van der Waals surface area contributed by atoms with Gasteiger partial charge < -0.3 is 4.57 Å². The van der Waals surface area contributed by atoms with Crippen LogP contribution < -0.4 is 10.7 Å². The second-order valence-electron chi connectivity index (χ2n) is 3.20. The second-order valence-corrected chi connectivity index (χ2v) is 3.20. The van der Waals surface area contributed by atoms with E-state index in [1.54, 1.807) is 0 Å². The number of nitrogens with zero attached hydrogens (tertiary/aromatic N) is 2. The lowest BCUT2D eigenvalue weighted by Gasteiger charge is -1.97. The third-order valence-electron chi connectivity index (χ3n) is 2.42. The largest absolute Gasteiger partial charge is 0.331 e. The minimum Gasteiger partial charge on any atom is -0.331 e. The van der Waals surface area contributed by atoms with Crippen LogP contribution >= 0.6 is 0 Å². The summed E-state index contributed by atoms with van der Waals surface area (Å²) in [6, 6.07) is 0. The summed E-state index contributed by atoms with van der Waals surface area (Å²) in [7, 11) is 2.10. The Balaban J connectivity index is 2.76. The molecule has 1 heterocycles. The Labute approximate surface area is 72.2 Å². The first-order chi connectivity index (χ1) is 5.83. The highest BCUT2D eigenvalue weighted by Gasteiger charge is 2.03. The molecule has 0 spiro atoms. The number of hydrogen-bond donors (Lipinski definition) is 0. The van der Waals surface area contributed by atoms with Crippen molar-refractivity contribution in [1.82, 2.24) is 9.55 Å². The first-order valence-electron chi connectivity index (χ1n) is 4.55. The van der Waals surface area contributed by atoms with E-state index in [0.29, 0.717) is 0 Å². The van der Waals surface area contributed by atoms with Crippen LogP contribution in [0.4, 0.5) is 0 Å². The zero-order valence-electron chi connectivity index (χ0n) is 7.67. The Morgan fingerprint density at radius 3 is 2.83 bits per heavy atom. The van der Waals surface area contributed by atoms with Gasteiger partial charge in [-0.15, -0.1) is 0 Å². The highest BCUT2D eigenvalue weighted by Crippen LogP contribution is 1.96. The molecule has 0 radical (unpaired) electrons. The first-order valence-corrected chi connectivity index (χ1v) is 4.55. The molecule has 0 unspecified atom stereocenters. The highest BCUT2D eigenvalue weighted by atomic mass is 15.0. The maximum atomic E-state index is 4.54. The third-order valence-corrected chi connectivity index (χ3v) is 2.42. The SMILES string of the molecule is CCc1nc2c(n1C)=CCCC=2. The summed E-state index contributed by atoms with van der Waals surface area (Å²) in [6.45, 7) is 2.15. The first kappa shape index (κ1) is 7.59. The van der Waals surface area contributed by atoms with Crippen molar-refractivity contribution in [1.29, 1.82) is 0 Å². The lowest BCUT2D eigenvalue weighted by Crippen LogP contribution is -2.30. The summed E-state index contributed by atoms with van der Waals surface area (Å²) in [5.74, 6) is 1.19. The highest BCUT2D eigenvalue weighted by molar-refractivity contribution is 5.34. The number of fused-ring (bicyclic) bond motifs is 1. The minimum atomic E-state index is 1.02. The van der Waals surface area contributed by atoms with Gasteiger partial charge in [-0.05, 0) is 12.8 Å². The van der Waals surface area contributed by atoms with Crippen LogP contribution in [0.15, 0.2) is 0 Å². The second kappa shape index (κ2) is 2.77. The Bertz CT molecular complexity index is 398. The van der Waals surface area contributed by atoms with Crippen molar-refractivity contribution in [3.8, 4) is 0 Å². The molecule has 64 valence electrons. The monoisotopic (exact) mass is 162 g/mol. The molecule has 0 aliphatic heterocycles. The summed E-state index contributed by atoms with van der Waals surface area (Å²) in [6.07, 6.45) is 7.84. The smallest absolute Gasteiger partial charge is 0.109 e. The summed E-state index contributed by atoms with van der Waals surface area (Å²) < 4.78 is 2.20. The van der Waals surface area contributed by atoms with Gasteiger partial charge in [0.2, 0.25) is 0 Å². The van der Waals surface area contributed by atoms with E-state index in [4.69, 9.17) is 0 Å². The fraction of sp³-hybridized carbons (Fsp3) is 0.500. The lowest BCUT2D eigenvalue weighted by atomic mass is 10.2. The van der Waals surface area contributed by atoms with E-state index in [1.165, 1.54) is 16.5 Å². The van der Waals surface area contributed by atoms with Gasteiger partial charge in [0, 0.05) is 13.5 Å². The van der Waals surface area contributed by atoms with Gasteiger partial charge in [-0.25, -0.2) is 4.98 Å². The van der Waals surface area contributed by atoms with Gasteiger partial charge in [0.25, 0.3) is 0 Å². The zero-order valence-corrected chi connectivity index (χ0v) is 7.67. The number of aryl methyl sites for hydroxylation is 1. The predicted molar refractivity (Wildman–Crippen MR) is 50.0 cm³/mol. The van der Waals surface area contributed by atoms with E-state index in [-0.39, 0.29) is 0 Å². The molecular formula is C10H14N2. The Morgan fingerprint density at radius 1 is 1.42 bits per heavy atom. The molecule has 12 heavy (non-hydrogen) atoms. The van der Waals surface area contributed by atoms with Crippen LogP contribution in [0.25, 0.3) is 12.2 Å².